The van der Waals surface area contributed by atoms with Crippen LogP contribution in [0.3, 0.4) is 0 Å². The number of anilines is 1. The SMILES string of the molecule is CCCN(CCC)CCCN1CCN(CCCNc2ccnc3cc(Cl)ccc23)CC1. The summed E-state index contributed by atoms with van der Waals surface area (Å²) in [6, 6.07) is 7.96. The summed E-state index contributed by atoms with van der Waals surface area (Å²) in [5.74, 6) is 0. The molecule has 0 amide bonds. The molecule has 1 saturated heterocycles. The molecule has 1 N–H and O–H groups in total. The highest BCUT2D eigenvalue weighted by Gasteiger charge is 2.16. The lowest BCUT2D eigenvalue weighted by Crippen LogP contribution is -2.47. The molecule has 0 aliphatic carbocycles. The number of fused-ring (bicyclic) bond motifs is 1. The summed E-state index contributed by atoms with van der Waals surface area (Å²) in [6.07, 6.45) is 6.83. The predicted molar refractivity (Wildman–Crippen MR) is 134 cm³/mol. The van der Waals surface area contributed by atoms with Crippen LogP contribution < -0.4 is 5.32 Å². The van der Waals surface area contributed by atoms with E-state index in [4.69, 9.17) is 11.6 Å². The lowest BCUT2D eigenvalue weighted by molar-refractivity contribution is 0.126. The maximum atomic E-state index is 6.09. The van der Waals surface area contributed by atoms with Crippen LogP contribution in [0.2, 0.25) is 5.02 Å². The number of benzene rings is 1. The van der Waals surface area contributed by atoms with E-state index in [1.807, 2.05) is 18.3 Å². The summed E-state index contributed by atoms with van der Waals surface area (Å²) in [5.41, 5.74) is 2.09. The average Bonchev–Trinajstić information content (AvgIpc) is 2.78. The van der Waals surface area contributed by atoms with Crippen LogP contribution in [-0.2, 0) is 0 Å². The Bertz CT molecular complexity index is 770. The minimum absolute atomic E-state index is 0.732. The van der Waals surface area contributed by atoms with E-state index in [-0.39, 0.29) is 0 Å². The number of rotatable bonds is 13. The van der Waals surface area contributed by atoms with Gasteiger partial charge in [0.1, 0.15) is 0 Å². The summed E-state index contributed by atoms with van der Waals surface area (Å²) in [4.78, 5) is 12.3. The molecule has 2 aromatic rings. The summed E-state index contributed by atoms with van der Waals surface area (Å²) in [7, 11) is 0. The van der Waals surface area contributed by atoms with Crippen molar-refractivity contribution in [1.82, 2.24) is 19.7 Å². The van der Waals surface area contributed by atoms with Gasteiger partial charge in [0.2, 0.25) is 0 Å². The number of nitrogens with zero attached hydrogens (tertiary/aromatic N) is 4. The summed E-state index contributed by atoms with van der Waals surface area (Å²) in [5, 5.41) is 5.46. The lowest BCUT2D eigenvalue weighted by atomic mass is 10.2. The van der Waals surface area contributed by atoms with Gasteiger partial charge in [-0.05, 0) is 82.7 Å². The van der Waals surface area contributed by atoms with Gasteiger partial charge < -0.3 is 20.0 Å². The highest BCUT2D eigenvalue weighted by atomic mass is 35.5. The Balaban J connectivity index is 1.30. The van der Waals surface area contributed by atoms with Crippen molar-refractivity contribution in [3.8, 4) is 0 Å². The van der Waals surface area contributed by atoms with Crippen molar-refractivity contribution in [1.29, 1.82) is 0 Å². The number of nitrogens with one attached hydrogen (secondary N) is 1. The fourth-order valence-electron chi connectivity index (χ4n) is 4.52. The third-order valence-electron chi connectivity index (χ3n) is 6.16. The van der Waals surface area contributed by atoms with E-state index in [1.165, 1.54) is 71.6 Å². The molecule has 0 unspecified atom stereocenters. The van der Waals surface area contributed by atoms with E-state index in [0.717, 1.165) is 41.1 Å². The second-order valence-corrected chi connectivity index (χ2v) is 9.12. The third-order valence-corrected chi connectivity index (χ3v) is 6.40. The van der Waals surface area contributed by atoms with Gasteiger partial charge in [0.25, 0.3) is 0 Å². The van der Waals surface area contributed by atoms with Gasteiger partial charge in [0.15, 0.2) is 0 Å². The van der Waals surface area contributed by atoms with Crippen LogP contribution in [0.1, 0.15) is 39.5 Å². The molecule has 0 atom stereocenters. The van der Waals surface area contributed by atoms with Gasteiger partial charge in [0, 0.05) is 55.0 Å². The van der Waals surface area contributed by atoms with Gasteiger partial charge in [-0.2, -0.15) is 0 Å². The number of pyridine rings is 1. The van der Waals surface area contributed by atoms with E-state index in [9.17, 15) is 0 Å². The third kappa shape index (κ3) is 7.90. The normalized spacial score (nSPS) is 15.7. The molecule has 31 heavy (non-hydrogen) atoms. The number of halogens is 1. The van der Waals surface area contributed by atoms with Gasteiger partial charge in [-0.15, -0.1) is 0 Å². The van der Waals surface area contributed by atoms with Crippen LogP contribution in [-0.4, -0.2) is 85.1 Å². The Morgan fingerprint density at radius 3 is 2.29 bits per heavy atom. The van der Waals surface area contributed by atoms with E-state index in [0.29, 0.717) is 0 Å². The van der Waals surface area contributed by atoms with Crippen molar-refractivity contribution < 1.29 is 0 Å². The Hall–Kier alpha value is -1.40. The largest absolute Gasteiger partial charge is 0.384 e. The van der Waals surface area contributed by atoms with Crippen molar-refractivity contribution >= 4 is 28.2 Å². The molecule has 1 aliphatic rings. The Morgan fingerprint density at radius 2 is 1.61 bits per heavy atom. The first-order chi connectivity index (χ1) is 15.2. The molecule has 172 valence electrons. The molecule has 6 heteroatoms. The number of hydrogen-bond donors (Lipinski definition) is 1. The molecular formula is C25H40ClN5. The molecule has 3 rings (SSSR count). The molecule has 5 nitrogen and oxygen atoms in total. The van der Waals surface area contributed by atoms with E-state index < -0.39 is 0 Å². The minimum atomic E-state index is 0.732. The van der Waals surface area contributed by atoms with Crippen LogP contribution in [0, 0.1) is 0 Å². The Morgan fingerprint density at radius 1 is 0.935 bits per heavy atom. The molecule has 1 aliphatic heterocycles. The highest BCUT2D eigenvalue weighted by molar-refractivity contribution is 6.31. The van der Waals surface area contributed by atoms with Gasteiger partial charge in [0.05, 0.1) is 5.52 Å². The van der Waals surface area contributed by atoms with Crippen molar-refractivity contribution in [3.05, 3.63) is 35.5 Å². The molecule has 0 spiro atoms. The van der Waals surface area contributed by atoms with Gasteiger partial charge >= 0.3 is 0 Å². The van der Waals surface area contributed by atoms with Crippen molar-refractivity contribution in [3.63, 3.8) is 0 Å². The van der Waals surface area contributed by atoms with Gasteiger partial charge in [-0.1, -0.05) is 25.4 Å². The zero-order chi connectivity index (χ0) is 21.9. The fourth-order valence-corrected chi connectivity index (χ4v) is 4.69. The monoisotopic (exact) mass is 445 g/mol. The van der Waals surface area contributed by atoms with Gasteiger partial charge in [-0.25, -0.2) is 0 Å². The van der Waals surface area contributed by atoms with Crippen molar-refractivity contribution in [2.75, 3.05) is 70.8 Å². The maximum Gasteiger partial charge on any atom is 0.0737 e. The number of aromatic nitrogens is 1. The second kappa shape index (κ2) is 13.2. The molecule has 2 heterocycles. The average molecular weight is 446 g/mol. The first-order valence-electron chi connectivity index (χ1n) is 12.1. The van der Waals surface area contributed by atoms with Crippen LogP contribution in [0.25, 0.3) is 10.9 Å². The van der Waals surface area contributed by atoms with Crippen LogP contribution in [0.15, 0.2) is 30.5 Å². The lowest BCUT2D eigenvalue weighted by Gasteiger charge is -2.35. The molecule has 0 saturated carbocycles. The van der Waals surface area contributed by atoms with Crippen molar-refractivity contribution in [2.24, 2.45) is 0 Å². The van der Waals surface area contributed by atoms with Crippen molar-refractivity contribution in [2.45, 2.75) is 39.5 Å². The standard InChI is InChI=1S/C25H40ClN5/c1-3-12-29(13-4-2)15-6-16-31-19-17-30(18-20-31)14-5-10-27-24-9-11-28-25-21-22(26)7-8-23(24)25/h7-9,11,21H,3-6,10,12-20H2,1-2H3,(H,27,28). The Labute approximate surface area is 193 Å². The van der Waals surface area contributed by atoms with Gasteiger partial charge in [-0.3, -0.25) is 4.98 Å². The van der Waals surface area contributed by atoms with Crippen LogP contribution in [0.5, 0.6) is 0 Å². The van der Waals surface area contributed by atoms with E-state index in [1.54, 1.807) is 0 Å². The second-order valence-electron chi connectivity index (χ2n) is 8.68. The summed E-state index contributed by atoms with van der Waals surface area (Å²) < 4.78 is 0. The summed E-state index contributed by atoms with van der Waals surface area (Å²) in [6.45, 7) is 16.5. The fraction of sp³-hybridized carbons (Fsp3) is 0.640. The Kier molecular flexibility index (Phi) is 10.3. The minimum Gasteiger partial charge on any atom is -0.384 e. The zero-order valence-electron chi connectivity index (χ0n) is 19.5. The summed E-state index contributed by atoms with van der Waals surface area (Å²) >= 11 is 6.09. The van der Waals surface area contributed by atoms with E-state index in [2.05, 4.69) is 51.0 Å². The first-order valence-corrected chi connectivity index (χ1v) is 12.5. The smallest absolute Gasteiger partial charge is 0.0737 e. The molecule has 0 bridgehead atoms. The molecule has 1 aromatic carbocycles. The number of piperazine rings is 1. The molecular weight excluding hydrogens is 406 g/mol. The maximum absolute atomic E-state index is 6.09. The van der Waals surface area contributed by atoms with E-state index >= 15 is 0 Å². The quantitative estimate of drug-likeness (QED) is 0.447. The molecule has 0 radical (unpaired) electrons. The zero-order valence-corrected chi connectivity index (χ0v) is 20.2. The van der Waals surface area contributed by atoms with Crippen LogP contribution in [0.4, 0.5) is 5.69 Å². The molecule has 1 fully saturated rings. The predicted octanol–water partition coefficient (Wildman–Crippen LogP) is 4.82. The highest BCUT2D eigenvalue weighted by Crippen LogP contribution is 2.24. The first kappa shape index (κ1) is 24.2. The molecule has 1 aromatic heterocycles. The topological polar surface area (TPSA) is 34.6 Å². The van der Waals surface area contributed by atoms with Crippen LogP contribution >= 0.6 is 11.6 Å². The number of hydrogen-bond acceptors (Lipinski definition) is 5.